The summed E-state index contributed by atoms with van der Waals surface area (Å²) >= 11 is 3.48. The van der Waals surface area contributed by atoms with Gasteiger partial charge in [-0.2, -0.15) is 0 Å². The summed E-state index contributed by atoms with van der Waals surface area (Å²) in [5.41, 5.74) is 1.62. The maximum atomic E-state index is 3.66. The number of hydrogen-bond donors (Lipinski definition) is 1. The molecule has 0 bridgehead atoms. The van der Waals surface area contributed by atoms with E-state index in [9.17, 15) is 0 Å². The molecule has 16 heavy (non-hydrogen) atoms. The second-order valence-electron chi connectivity index (χ2n) is 5.40. The normalized spacial score (nSPS) is 17.2. The summed E-state index contributed by atoms with van der Waals surface area (Å²) in [5.74, 6) is 0. The van der Waals surface area contributed by atoms with E-state index in [0.717, 1.165) is 17.1 Å². The zero-order chi connectivity index (χ0) is 11.6. The van der Waals surface area contributed by atoms with Gasteiger partial charge >= 0.3 is 0 Å². The van der Waals surface area contributed by atoms with Crippen molar-refractivity contribution in [2.24, 2.45) is 0 Å². The van der Waals surface area contributed by atoms with Crippen LogP contribution in [0.5, 0.6) is 0 Å². The van der Waals surface area contributed by atoms with Crippen LogP contribution in [0.2, 0.25) is 0 Å². The molecule has 0 aromatic heterocycles. The Kier molecular flexibility index (Phi) is 3.70. The van der Waals surface area contributed by atoms with Crippen molar-refractivity contribution in [1.82, 2.24) is 5.32 Å². The predicted octanol–water partition coefficient (Wildman–Crippen LogP) is 3.87. The molecular formula is C14H20BrN. The summed E-state index contributed by atoms with van der Waals surface area (Å²) in [6, 6.07) is 9.45. The summed E-state index contributed by atoms with van der Waals surface area (Å²) in [7, 11) is 0. The molecule has 0 unspecified atom stereocenters. The molecule has 1 aliphatic rings. The molecule has 0 heterocycles. The fourth-order valence-electron chi connectivity index (χ4n) is 2.02. The van der Waals surface area contributed by atoms with Crippen LogP contribution in [0.1, 0.15) is 38.7 Å². The van der Waals surface area contributed by atoms with Gasteiger partial charge in [-0.05, 0) is 30.5 Å². The molecule has 88 valence electrons. The van der Waals surface area contributed by atoms with Crippen LogP contribution in [0.3, 0.4) is 0 Å². The van der Waals surface area contributed by atoms with Crippen LogP contribution < -0.4 is 5.32 Å². The molecule has 0 amide bonds. The van der Waals surface area contributed by atoms with E-state index in [1.54, 1.807) is 0 Å². The van der Waals surface area contributed by atoms with E-state index in [4.69, 9.17) is 0 Å². The van der Waals surface area contributed by atoms with Crippen LogP contribution in [0, 0.1) is 0 Å². The first-order chi connectivity index (χ1) is 7.58. The van der Waals surface area contributed by atoms with Gasteiger partial charge in [-0.15, -0.1) is 0 Å². The monoisotopic (exact) mass is 281 g/mol. The second-order valence-corrected chi connectivity index (χ2v) is 6.32. The third kappa shape index (κ3) is 2.86. The average Bonchev–Trinajstić information content (AvgIpc) is 2.15. The van der Waals surface area contributed by atoms with Crippen molar-refractivity contribution in [2.45, 2.75) is 44.6 Å². The highest BCUT2D eigenvalue weighted by molar-refractivity contribution is 9.10. The van der Waals surface area contributed by atoms with E-state index >= 15 is 0 Å². The minimum atomic E-state index is 0.219. The molecule has 1 nitrogen and oxygen atoms in total. The lowest BCUT2D eigenvalue weighted by molar-refractivity contribution is 0.311. The molecule has 0 aliphatic heterocycles. The Morgan fingerprint density at radius 1 is 1.25 bits per heavy atom. The van der Waals surface area contributed by atoms with E-state index < -0.39 is 0 Å². The number of hydrogen-bond acceptors (Lipinski definition) is 1. The van der Waals surface area contributed by atoms with Gasteiger partial charge < -0.3 is 5.32 Å². The molecule has 0 saturated heterocycles. The molecule has 1 N–H and O–H groups in total. The fourth-order valence-corrected chi connectivity index (χ4v) is 2.28. The summed E-state index contributed by atoms with van der Waals surface area (Å²) in [4.78, 5) is 0. The van der Waals surface area contributed by atoms with Crippen LogP contribution in [0.15, 0.2) is 28.7 Å². The molecule has 1 aromatic carbocycles. The highest BCUT2D eigenvalue weighted by Crippen LogP contribution is 2.26. The van der Waals surface area contributed by atoms with Gasteiger partial charge in [0.15, 0.2) is 0 Å². The number of rotatable bonds is 4. The van der Waals surface area contributed by atoms with Gasteiger partial charge in [0.05, 0.1) is 0 Å². The molecule has 2 rings (SSSR count). The lowest BCUT2D eigenvalue weighted by Gasteiger charge is -2.32. The van der Waals surface area contributed by atoms with Crippen molar-refractivity contribution < 1.29 is 0 Å². The Morgan fingerprint density at radius 3 is 2.38 bits per heavy atom. The Balaban J connectivity index is 1.96. The van der Waals surface area contributed by atoms with Crippen molar-refractivity contribution in [3.05, 3.63) is 34.3 Å². The quantitative estimate of drug-likeness (QED) is 0.884. The van der Waals surface area contributed by atoms with E-state index in [-0.39, 0.29) is 5.41 Å². The van der Waals surface area contributed by atoms with Crippen LogP contribution in [-0.4, -0.2) is 12.6 Å². The van der Waals surface area contributed by atoms with Crippen LogP contribution >= 0.6 is 15.9 Å². The Hall–Kier alpha value is -0.340. The van der Waals surface area contributed by atoms with Crippen LogP contribution in [0.25, 0.3) is 0 Å². The largest absolute Gasteiger partial charge is 0.313 e. The minimum Gasteiger partial charge on any atom is -0.313 e. The van der Waals surface area contributed by atoms with Crippen molar-refractivity contribution in [3.63, 3.8) is 0 Å². The van der Waals surface area contributed by atoms with Gasteiger partial charge in [-0.1, -0.05) is 48.3 Å². The fraction of sp³-hybridized carbons (Fsp3) is 0.571. The number of benzene rings is 1. The van der Waals surface area contributed by atoms with E-state index in [0.29, 0.717) is 0 Å². The molecule has 2 heteroatoms. The highest BCUT2D eigenvalue weighted by Gasteiger charge is 2.24. The molecule has 0 radical (unpaired) electrons. The Morgan fingerprint density at radius 2 is 1.88 bits per heavy atom. The van der Waals surface area contributed by atoms with Crippen molar-refractivity contribution in [3.8, 4) is 0 Å². The smallest absolute Gasteiger partial charge is 0.0175 e. The van der Waals surface area contributed by atoms with Gasteiger partial charge in [0.1, 0.15) is 0 Å². The summed E-state index contributed by atoms with van der Waals surface area (Å²) in [6.45, 7) is 5.68. The van der Waals surface area contributed by atoms with E-state index in [2.05, 4.69) is 59.4 Å². The van der Waals surface area contributed by atoms with E-state index in [1.807, 2.05) is 0 Å². The first-order valence-electron chi connectivity index (χ1n) is 6.07. The van der Waals surface area contributed by atoms with Gasteiger partial charge in [0, 0.05) is 22.5 Å². The molecular weight excluding hydrogens is 262 g/mol. The SMILES string of the molecule is CC(C)(CNC1CCC1)c1ccc(Br)cc1. The van der Waals surface area contributed by atoms with Crippen molar-refractivity contribution in [2.75, 3.05) is 6.54 Å². The third-order valence-electron chi connectivity index (χ3n) is 3.56. The lowest BCUT2D eigenvalue weighted by atomic mass is 9.83. The van der Waals surface area contributed by atoms with Crippen molar-refractivity contribution >= 4 is 15.9 Å². The molecule has 1 aliphatic carbocycles. The van der Waals surface area contributed by atoms with E-state index in [1.165, 1.54) is 24.8 Å². The molecule has 1 aromatic rings. The van der Waals surface area contributed by atoms with Crippen LogP contribution in [-0.2, 0) is 5.41 Å². The summed E-state index contributed by atoms with van der Waals surface area (Å²) in [6.07, 6.45) is 4.11. The second kappa shape index (κ2) is 4.89. The number of halogens is 1. The zero-order valence-corrected chi connectivity index (χ0v) is 11.7. The lowest BCUT2D eigenvalue weighted by Crippen LogP contribution is -2.42. The van der Waals surface area contributed by atoms with Gasteiger partial charge in [0.2, 0.25) is 0 Å². The first kappa shape index (κ1) is 12.1. The first-order valence-corrected chi connectivity index (χ1v) is 6.87. The predicted molar refractivity (Wildman–Crippen MR) is 72.8 cm³/mol. The minimum absolute atomic E-state index is 0.219. The van der Waals surface area contributed by atoms with Crippen molar-refractivity contribution in [1.29, 1.82) is 0 Å². The third-order valence-corrected chi connectivity index (χ3v) is 4.09. The van der Waals surface area contributed by atoms with Gasteiger partial charge in [-0.25, -0.2) is 0 Å². The zero-order valence-electron chi connectivity index (χ0n) is 10.1. The van der Waals surface area contributed by atoms with Gasteiger partial charge in [-0.3, -0.25) is 0 Å². The van der Waals surface area contributed by atoms with Crippen LogP contribution in [0.4, 0.5) is 0 Å². The average molecular weight is 282 g/mol. The Labute approximate surface area is 107 Å². The Bertz CT molecular complexity index is 338. The van der Waals surface area contributed by atoms with Gasteiger partial charge in [0.25, 0.3) is 0 Å². The standard InChI is InChI=1S/C14H20BrN/c1-14(2,10-16-13-4-3-5-13)11-6-8-12(15)9-7-11/h6-9,13,16H,3-5,10H2,1-2H3. The molecule has 0 spiro atoms. The maximum absolute atomic E-state index is 3.66. The topological polar surface area (TPSA) is 12.0 Å². The summed E-state index contributed by atoms with van der Waals surface area (Å²) < 4.78 is 1.15. The maximum Gasteiger partial charge on any atom is 0.0175 e. The molecule has 0 atom stereocenters. The molecule has 1 fully saturated rings. The highest BCUT2D eigenvalue weighted by atomic mass is 79.9. The molecule has 1 saturated carbocycles. The summed E-state index contributed by atoms with van der Waals surface area (Å²) in [5, 5.41) is 3.66. The number of nitrogens with one attached hydrogen (secondary N) is 1.